The van der Waals surface area contributed by atoms with Crippen LogP contribution in [0.1, 0.15) is 28.8 Å². The smallest absolute Gasteiger partial charge is 0.251 e. The fourth-order valence-electron chi connectivity index (χ4n) is 3.37. The fraction of sp³-hybridized carbons (Fsp3) is 0.348. The zero-order chi connectivity index (χ0) is 22.3. The van der Waals surface area contributed by atoms with E-state index in [1.165, 1.54) is 23.5 Å². The Bertz CT molecular complexity index is 982. The molecule has 8 heteroatoms. The molecule has 0 bridgehead atoms. The molecule has 0 aliphatic carbocycles. The number of carbonyl (C=O) groups excluding carboxylic acids is 1. The van der Waals surface area contributed by atoms with Crippen LogP contribution >= 0.6 is 0 Å². The lowest BCUT2D eigenvalue weighted by molar-refractivity contribution is 0.0857. The summed E-state index contributed by atoms with van der Waals surface area (Å²) in [5.41, 5.74) is 1.30. The first-order valence-corrected chi connectivity index (χ1v) is 11.6. The molecule has 1 saturated heterocycles. The van der Waals surface area contributed by atoms with Crippen molar-refractivity contribution >= 4 is 15.9 Å². The normalized spacial score (nSPS) is 16.3. The van der Waals surface area contributed by atoms with Crippen molar-refractivity contribution in [3.8, 4) is 5.75 Å². The van der Waals surface area contributed by atoms with Gasteiger partial charge in [0.15, 0.2) is 0 Å². The topological polar surface area (TPSA) is 84.9 Å². The van der Waals surface area contributed by atoms with Crippen molar-refractivity contribution in [2.75, 3.05) is 26.8 Å². The molecule has 2 aromatic carbocycles. The Morgan fingerprint density at radius 2 is 1.94 bits per heavy atom. The van der Waals surface area contributed by atoms with Gasteiger partial charge in [-0.25, -0.2) is 8.42 Å². The number of rotatable bonds is 10. The summed E-state index contributed by atoms with van der Waals surface area (Å²) >= 11 is 0. The number of nitrogens with one attached hydrogen (secondary N) is 1. The number of carbonyl (C=O) groups is 1. The highest BCUT2D eigenvalue weighted by molar-refractivity contribution is 7.89. The van der Waals surface area contributed by atoms with Gasteiger partial charge in [0.1, 0.15) is 5.75 Å². The Hall–Kier alpha value is -2.68. The highest BCUT2D eigenvalue weighted by Crippen LogP contribution is 2.21. The van der Waals surface area contributed by atoms with Crippen molar-refractivity contribution < 1.29 is 22.7 Å². The molecule has 1 aliphatic heterocycles. The van der Waals surface area contributed by atoms with Crippen LogP contribution in [0.25, 0.3) is 0 Å². The molecule has 1 atom stereocenters. The SMILES string of the molecule is C=CCN(Cc1ccc(C(=O)NC[C@@H]2CCCO2)cc1)S(=O)(=O)c1ccc(OC)cc1. The van der Waals surface area contributed by atoms with E-state index in [4.69, 9.17) is 9.47 Å². The van der Waals surface area contributed by atoms with Crippen LogP contribution < -0.4 is 10.1 Å². The predicted octanol–water partition coefficient (Wildman–Crippen LogP) is 2.98. The monoisotopic (exact) mass is 444 g/mol. The summed E-state index contributed by atoms with van der Waals surface area (Å²) in [6.45, 7) is 5.25. The maximum atomic E-state index is 13.1. The van der Waals surface area contributed by atoms with Gasteiger partial charge in [-0.1, -0.05) is 18.2 Å². The highest BCUT2D eigenvalue weighted by Gasteiger charge is 2.24. The second-order valence-corrected chi connectivity index (χ2v) is 9.24. The van der Waals surface area contributed by atoms with E-state index in [1.54, 1.807) is 42.5 Å². The number of hydrogen-bond donors (Lipinski definition) is 1. The molecule has 1 heterocycles. The predicted molar refractivity (Wildman–Crippen MR) is 119 cm³/mol. The second kappa shape index (κ2) is 10.6. The average Bonchev–Trinajstić information content (AvgIpc) is 3.31. The first kappa shape index (κ1) is 23.0. The molecule has 0 aromatic heterocycles. The summed E-state index contributed by atoms with van der Waals surface area (Å²) in [6.07, 6.45) is 3.61. The third kappa shape index (κ3) is 5.94. The number of hydrogen-bond acceptors (Lipinski definition) is 5. The van der Waals surface area contributed by atoms with Gasteiger partial charge in [-0.05, 0) is 54.8 Å². The zero-order valence-electron chi connectivity index (χ0n) is 17.6. The molecular weight excluding hydrogens is 416 g/mol. The zero-order valence-corrected chi connectivity index (χ0v) is 18.4. The number of sulfonamides is 1. The van der Waals surface area contributed by atoms with Crippen LogP contribution in [0.2, 0.25) is 0 Å². The largest absolute Gasteiger partial charge is 0.497 e. The second-order valence-electron chi connectivity index (χ2n) is 7.30. The van der Waals surface area contributed by atoms with E-state index in [0.29, 0.717) is 17.9 Å². The standard InChI is InChI=1S/C23H28N2O5S/c1-3-14-25(31(27,28)22-12-10-20(29-2)11-13-22)17-18-6-8-19(9-7-18)23(26)24-16-21-5-4-15-30-21/h3,6-13,21H,1,4-5,14-17H2,2H3,(H,24,26)/t21-/m0/s1. The molecule has 1 fully saturated rings. The molecule has 1 aliphatic rings. The maximum Gasteiger partial charge on any atom is 0.251 e. The van der Waals surface area contributed by atoms with Gasteiger partial charge in [-0.2, -0.15) is 4.31 Å². The fourth-order valence-corrected chi connectivity index (χ4v) is 4.77. The lowest BCUT2D eigenvalue weighted by Crippen LogP contribution is -2.32. The highest BCUT2D eigenvalue weighted by atomic mass is 32.2. The molecule has 1 N–H and O–H groups in total. The summed E-state index contributed by atoms with van der Waals surface area (Å²) < 4.78 is 38.1. The van der Waals surface area contributed by atoms with Gasteiger partial charge < -0.3 is 14.8 Å². The third-order valence-corrected chi connectivity index (χ3v) is 6.95. The molecular formula is C23H28N2O5S. The summed E-state index contributed by atoms with van der Waals surface area (Å²) in [7, 11) is -2.19. The summed E-state index contributed by atoms with van der Waals surface area (Å²) in [4.78, 5) is 12.5. The van der Waals surface area contributed by atoms with Crippen molar-refractivity contribution in [3.63, 3.8) is 0 Å². The molecule has 1 amide bonds. The van der Waals surface area contributed by atoms with Gasteiger partial charge in [0.05, 0.1) is 18.1 Å². The van der Waals surface area contributed by atoms with Crippen molar-refractivity contribution in [1.29, 1.82) is 0 Å². The molecule has 0 saturated carbocycles. The summed E-state index contributed by atoms with van der Waals surface area (Å²) in [5, 5.41) is 2.88. The van der Waals surface area contributed by atoms with Crippen molar-refractivity contribution in [3.05, 3.63) is 72.3 Å². The molecule has 166 valence electrons. The van der Waals surface area contributed by atoms with Gasteiger partial charge in [0.25, 0.3) is 5.91 Å². The first-order chi connectivity index (χ1) is 14.9. The molecule has 0 unspecified atom stereocenters. The van der Waals surface area contributed by atoms with E-state index in [2.05, 4.69) is 11.9 Å². The third-order valence-electron chi connectivity index (χ3n) is 5.12. The summed E-state index contributed by atoms with van der Waals surface area (Å²) in [6, 6.07) is 13.2. The van der Waals surface area contributed by atoms with Crippen molar-refractivity contribution in [2.45, 2.75) is 30.4 Å². The van der Waals surface area contributed by atoms with Gasteiger partial charge in [0, 0.05) is 31.8 Å². The number of benzene rings is 2. The number of ether oxygens (including phenoxy) is 2. The van der Waals surface area contributed by atoms with Gasteiger partial charge in [0.2, 0.25) is 10.0 Å². The molecule has 7 nitrogen and oxygen atoms in total. The molecule has 0 radical (unpaired) electrons. The first-order valence-electron chi connectivity index (χ1n) is 10.2. The number of nitrogens with zero attached hydrogens (tertiary/aromatic N) is 1. The van der Waals surface area contributed by atoms with Crippen LogP contribution in [0.5, 0.6) is 5.75 Å². The Balaban J connectivity index is 1.67. The average molecular weight is 445 g/mol. The minimum atomic E-state index is -3.72. The van der Waals surface area contributed by atoms with Crippen LogP contribution in [-0.4, -0.2) is 51.5 Å². The molecule has 0 spiro atoms. The van der Waals surface area contributed by atoms with Gasteiger partial charge in [-0.15, -0.1) is 6.58 Å². The van der Waals surface area contributed by atoms with E-state index in [1.807, 2.05) is 0 Å². The molecule has 2 aromatic rings. The number of amides is 1. The maximum absolute atomic E-state index is 13.1. The van der Waals surface area contributed by atoms with E-state index < -0.39 is 10.0 Å². The number of methoxy groups -OCH3 is 1. The van der Waals surface area contributed by atoms with E-state index in [0.717, 1.165) is 25.0 Å². The Kier molecular flexibility index (Phi) is 7.84. The van der Waals surface area contributed by atoms with E-state index in [9.17, 15) is 13.2 Å². The minimum Gasteiger partial charge on any atom is -0.497 e. The lowest BCUT2D eigenvalue weighted by Gasteiger charge is -2.21. The van der Waals surface area contributed by atoms with E-state index >= 15 is 0 Å². The minimum absolute atomic E-state index is 0.0823. The summed E-state index contributed by atoms with van der Waals surface area (Å²) in [5.74, 6) is 0.415. The van der Waals surface area contributed by atoms with Crippen LogP contribution in [0, 0.1) is 0 Å². The van der Waals surface area contributed by atoms with Crippen LogP contribution in [0.15, 0.2) is 66.1 Å². The van der Waals surface area contributed by atoms with E-state index in [-0.39, 0.29) is 30.0 Å². The molecule has 31 heavy (non-hydrogen) atoms. The lowest BCUT2D eigenvalue weighted by atomic mass is 10.1. The Morgan fingerprint density at radius 1 is 1.23 bits per heavy atom. The van der Waals surface area contributed by atoms with Gasteiger partial charge in [-0.3, -0.25) is 4.79 Å². The van der Waals surface area contributed by atoms with Crippen LogP contribution in [0.4, 0.5) is 0 Å². The van der Waals surface area contributed by atoms with Crippen LogP contribution in [0.3, 0.4) is 0 Å². The quantitative estimate of drug-likeness (QED) is 0.570. The van der Waals surface area contributed by atoms with Crippen molar-refractivity contribution in [2.24, 2.45) is 0 Å². The Labute approximate surface area is 183 Å². The Morgan fingerprint density at radius 3 is 2.52 bits per heavy atom. The van der Waals surface area contributed by atoms with Crippen LogP contribution in [-0.2, 0) is 21.3 Å². The van der Waals surface area contributed by atoms with Crippen molar-refractivity contribution in [1.82, 2.24) is 9.62 Å². The van der Waals surface area contributed by atoms with Gasteiger partial charge >= 0.3 is 0 Å². The molecule has 3 rings (SSSR count).